The van der Waals surface area contributed by atoms with Crippen LogP contribution in [0, 0.1) is 0 Å². The molecule has 2 aromatic rings. The Bertz CT molecular complexity index is 559. The zero-order chi connectivity index (χ0) is 14.4. The van der Waals surface area contributed by atoms with Crippen molar-refractivity contribution in [3.8, 4) is 16.9 Å². The summed E-state index contributed by atoms with van der Waals surface area (Å²) in [5, 5.41) is 12.2. The van der Waals surface area contributed by atoms with Gasteiger partial charge in [0.15, 0.2) is 0 Å². The molecule has 0 aliphatic carbocycles. The number of nitrogens with one attached hydrogen (secondary N) is 1. The molecule has 0 saturated heterocycles. The summed E-state index contributed by atoms with van der Waals surface area (Å²) in [5.74, 6) is 0.219. The van der Waals surface area contributed by atoms with Crippen molar-refractivity contribution in [1.82, 2.24) is 5.32 Å². The molecule has 3 nitrogen and oxygen atoms in total. The molecule has 0 radical (unpaired) electrons. The van der Waals surface area contributed by atoms with Crippen LogP contribution in [0.15, 0.2) is 48.5 Å². The summed E-state index contributed by atoms with van der Waals surface area (Å²) in [6, 6.07) is 14.5. The van der Waals surface area contributed by atoms with Crippen molar-refractivity contribution in [2.24, 2.45) is 0 Å². The Kier molecular flexibility index (Phi) is 4.77. The van der Waals surface area contributed by atoms with Crippen LogP contribution in [0.25, 0.3) is 11.1 Å². The summed E-state index contributed by atoms with van der Waals surface area (Å²) in [4.78, 5) is 11.9. The number of benzene rings is 2. The number of carbonyl (C=O) groups excluding carboxylic acids is 1. The van der Waals surface area contributed by atoms with E-state index in [9.17, 15) is 9.90 Å². The normalized spacial score (nSPS) is 10.2. The summed E-state index contributed by atoms with van der Waals surface area (Å²) in [7, 11) is 0. The van der Waals surface area contributed by atoms with Crippen molar-refractivity contribution in [2.75, 3.05) is 6.54 Å². The fourth-order valence-corrected chi connectivity index (χ4v) is 1.95. The standard InChI is InChI=1S/C17H19NO2/c1-2-3-12-18-17(20)15-6-4-13(5-7-15)14-8-10-16(19)11-9-14/h4-11,19H,2-3,12H2,1H3,(H,18,20). The Labute approximate surface area is 119 Å². The summed E-state index contributed by atoms with van der Waals surface area (Å²) in [6.45, 7) is 2.81. The molecule has 20 heavy (non-hydrogen) atoms. The third-order valence-electron chi connectivity index (χ3n) is 3.16. The maximum atomic E-state index is 11.9. The monoisotopic (exact) mass is 269 g/mol. The highest BCUT2D eigenvalue weighted by molar-refractivity contribution is 5.94. The molecule has 0 saturated carbocycles. The van der Waals surface area contributed by atoms with E-state index in [-0.39, 0.29) is 11.7 Å². The first-order valence-electron chi connectivity index (χ1n) is 6.88. The largest absolute Gasteiger partial charge is 0.508 e. The number of phenols is 1. The molecule has 3 heteroatoms. The highest BCUT2D eigenvalue weighted by Gasteiger charge is 2.05. The fraction of sp³-hybridized carbons (Fsp3) is 0.235. The fourth-order valence-electron chi connectivity index (χ4n) is 1.95. The zero-order valence-corrected chi connectivity index (χ0v) is 11.6. The van der Waals surface area contributed by atoms with Gasteiger partial charge in [-0.1, -0.05) is 37.6 Å². The minimum atomic E-state index is -0.0318. The van der Waals surface area contributed by atoms with Crippen molar-refractivity contribution >= 4 is 5.91 Å². The van der Waals surface area contributed by atoms with Crippen LogP contribution < -0.4 is 5.32 Å². The van der Waals surface area contributed by atoms with Crippen LogP contribution in [0.3, 0.4) is 0 Å². The van der Waals surface area contributed by atoms with Crippen LogP contribution in [0.1, 0.15) is 30.1 Å². The van der Waals surface area contributed by atoms with Crippen LogP contribution >= 0.6 is 0 Å². The van der Waals surface area contributed by atoms with E-state index in [4.69, 9.17) is 0 Å². The molecule has 0 heterocycles. The number of unbranched alkanes of at least 4 members (excludes halogenated alkanes) is 1. The molecule has 1 amide bonds. The third-order valence-corrected chi connectivity index (χ3v) is 3.16. The van der Waals surface area contributed by atoms with Gasteiger partial charge in [0.1, 0.15) is 5.75 Å². The molecule has 0 spiro atoms. The molecule has 2 N–H and O–H groups in total. The molecule has 0 unspecified atom stereocenters. The predicted octanol–water partition coefficient (Wildman–Crippen LogP) is 3.59. The Hall–Kier alpha value is -2.29. The molecule has 104 valence electrons. The molecule has 0 bridgehead atoms. The van der Waals surface area contributed by atoms with E-state index in [1.807, 2.05) is 36.4 Å². The summed E-state index contributed by atoms with van der Waals surface area (Å²) in [6.07, 6.45) is 2.07. The van der Waals surface area contributed by atoms with Crippen LogP contribution in [-0.4, -0.2) is 17.6 Å². The minimum Gasteiger partial charge on any atom is -0.508 e. The topological polar surface area (TPSA) is 49.3 Å². The second-order valence-electron chi connectivity index (χ2n) is 4.73. The smallest absolute Gasteiger partial charge is 0.251 e. The van der Waals surface area contributed by atoms with Gasteiger partial charge in [-0.2, -0.15) is 0 Å². The van der Waals surface area contributed by atoms with E-state index >= 15 is 0 Å². The molecule has 0 fully saturated rings. The molecule has 0 aromatic heterocycles. The maximum absolute atomic E-state index is 11.9. The average Bonchev–Trinajstić information content (AvgIpc) is 2.48. The van der Waals surface area contributed by atoms with Crippen molar-refractivity contribution in [2.45, 2.75) is 19.8 Å². The van der Waals surface area contributed by atoms with Gasteiger partial charge in [0.05, 0.1) is 0 Å². The van der Waals surface area contributed by atoms with Gasteiger partial charge in [0.2, 0.25) is 0 Å². The van der Waals surface area contributed by atoms with Crippen molar-refractivity contribution in [1.29, 1.82) is 0 Å². The Morgan fingerprint density at radius 3 is 2.10 bits per heavy atom. The summed E-state index contributed by atoms with van der Waals surface area (Å²) >= 11 is 0. The summed E-state index contributed by atoms with van der Waals surface area (Å²) in [5.41, 5.74) is 2.71. The van der Waals surface area contributed by atoms with E-state index in [2.05, 4.69) is 12.2 Å². The molecular weight excluding hydrogens is 250 g/mol. The zero-order valence-electron chi connectivity index (χ0n) is 11.6. The number of phenolic OH excluding ortho intramolecular Hbond substituents is 1. The lowest BCUT2D eigenvalue weighted by atomic mass is 10.0. The molecule has 2 aromatic carbocycles. The van der Waals surface area contributed by atoms with Gasteiger partial charge in [0, 0.05) is 12.1 Å². The second kappa shape index (κ2) is 6.75. The van der Waals surface area contributed by atoms with Gasteiger partial charge in [-0.25, -0.2) is 0 Å². The maximum Gasteiger partial charge on any atom is 0.251 e. The number of carbonyl (C=O) groups is 1. The first-order chi connectivity index (χ1) is 9.70. The predicted molar refractivity (Wildman–Crippen MR) is 80.8 cm³/mol. The first kappa shape index (κ1) is 14.1. The van der Waals surface area contributed by atoms with Gasteiger partial charge in [0.25, 0.3) is 5.91 Å². The van der Waals surface area contributed by atoms with E-state index in [1.54, 1.807) is 12.1 Å². The molecule has 0 atom stereocenters. The first-order valence-corrected chi connectivity index (χ1v) is 6.88. The molecule has 0 aliphatic heterocycles. The lowest BCUT2D eigenvalue weighted by Crippen LogP contribution is -2.24. The lowest BCUT2D eigenvalue weighted by molar-refractivity contribution is 0.0953. The Morgan fingerprint density at radius 1 is 1.00 bits per heavy atom. The minimum absolute atomic E-state index is 0.0318. The Morgan fingerprint density at radius 2 is 1.55 bits per heavy atom. The lowest BCUT2D eigenvalue weighted by Gasteiger charge is -2.06. The van der Waals surface area contributed by atoms with Crippen molar-refractivity contribution in [3.63, 3.8) is 0 Å². The highest BCUT2D eigenvalue weighted by Crippen LogP contribution is 2.22. The van der Waals surface area contributed by atoms with Gasteiger partial charge in [-0.05, 0) is 41.8 Å². The number of aromatic hydroxyl groups is 1. The van der Waals surface area contributed by atoms with E-state index in [1.165, 1.54) is 0 Å². The van der Waals surface area contributed by atoms with Gasteiger partial charge >= 0.3 is 0 Å². The van der Waals surface area contributed by atoms with E-state index in [0.717, 1.165) is 30.5 Å². The third kappa shape index (κ3) is 3.60. The van der Waals surface area contributed by atoms with Gasteiger partial charge < -0.3 is 10.4 Å². The number of hydrogen-bond acceptors (Lipinski definition) is 2. The van der Waals surface area contributed by atoms with Crippen LogP contribution in [-0.2, 0) is 0 Å². The highest BCUT2D eigenvalue weighted by atomic mass is 16.3. The van der Waals surface area contributed by atoms with Crippen LogP contribution in [0.4, 0.5) is 0 Å². The second-order valence-corrected chi connectivity index (χ2v) is 4.73. The number of hydrogen-bond donors (Lipinski definition) is 2. The average molecular weight is 269 g/mol. The quantitative estimate of drug-likeness (QED) is 0.815. The van der Waals surface area contributed by atoms with Crippen LogP contribution in [0.5, 0.6) is 5.75 Å². The van der Waals surface area contributed by atoms with Crippen molar-refractivity contribution < 1.29 is 9.90 Å². The van der Waals surface area contributed by atoms with Crippen LogP contribution in [0.2, 0.25) is 0 Å². The van der Waals surface area contributed by atoms with E-state index in [0.29, 0.717) is 5.56 Å². The Balaban J connectivity index is 2.06. The number of rotatable bonds is 5. The molecule has 0 aliphatic rings. The molecule has 2 rings (SSSR count). The van der Waals surface area contributed by atoms with Crippen molar-refractivity contribution in [3.05, 3.63) is 54.1 Å². The van der Waals surface area contributed by atoms with Gasteiger partial charge in [-0.15, -0.1) is 0 Å². The molecular formula is C17H19NO2. The SMILES string of the molecule is CCCCNC(=O)c1ccc(-c2ccc(O)cc2)cc1. The summed E-state index contributed by atoms with van der Waals surface area (Å²) < 4.78 is 0. The van der Waals surface area contributed by atoms with Gasteiger partial charge in [-0.3, -0.25) is 4.79 Å². The van der Waals surface area contributed by atoms with E-state index < -0.39 is 0 Å². The number of amides is 1.